The predicted octanol–water partition coefficient (Wildman–Crippen LogP) is 0.389. The zero-order chi connectivity index (χ0) is 17.0. The molecule has 1 fully saturated rings. The number of benzene rings is 1. The van der Waals surface area contributed by atoms with Crippen LogP contribution in [-0.4, -0.2) is 37.7 Å². The highest BCUT2D eigenvalue weighted by Gasteiger charge is 2.27. The van der Waals surface area contributed by atoms with Crippen LogP contribution in [0.3, 0.4) is 0 Å². The summed E-state index contributed by atoms with van der Waals surface area (Å²) in [7, 11) is -3.54. The summed E-state index contributed by atoms with van der Waals surface area (Å²) < 4.78 is 27.1. The average Bonchev–Trinajstić information content (AvgIpc) is 2.49. The smallest absolute Gasteiger partial charge is 0.243 e. The van der Waals surface area contributed by atoms with Gasteiger partial charge in [0.1, 0.15) is 0 Å². The van der Waals surface area contributed by atoms with Crippen molar-refractivity contribution in [2.24, 2.45) is 27.2 Å². The Morgan fingerprint density at radius 1 is 1.13 bits per heavy atom. The summed E-state index contributed by atoms with van der Waals surface area (Å²) in [5.74, 6) is -0.338. The number of aryl methyl sites for hydroxylation is 1. The third kappa shape index (κ3) is 4.20. The second-order valence-corrected chi connectivity index (χ2v) is 7.33. The Bertz CT molecular complexity index is 732. The largest absolute Gasteiger partial charge is 0.370 e. The zero-order valence-electron chi connectivity index (χ0n) is 13.1. The van der Waals surface area contributed by atoms with Gasteiger partial charge in [0.2, 0.25) is 16.0 Å². The van der Waals surface area contributed by atoms with Crippen molar-refractivity contribution >= 4 is 27.6 Å². The number of piperidine rings is 1. The molecule has 0 saturated carbocycles. The molecule has 1 aliphatic heterocycles. The molecule has 23 heavy (non-hydrogen) atoms. The van der Waals surface area contributed by atoms with Crippen molar-refractivity contribution in [3.8, 4) is 0 Å². The standard InChI is InChI=1S/C14H22N6O2S/c1-10-5-6-11(18-14(17)19-13(15)16)9-12(10)23(21,22)20-7-3-2-4-8-20/h5-6,9H,2-4,7-8H2,1H3,(H6,15,16,17,18,19). The first-order valence-electron chi connectivity index (χ1n) is 7.35. The van der Waals surface area contributed by atoms with Crippen LogP contribution in [0.25, 0.3) is 0 Å². The molecule has 0 aromatic heterocycles. The predicted molar refractivity (Wildman–Crippen MR) is 90.9 cm³/mol. The lowest BCUT2D eigenvalue weighted by molar-refractivity contribution is 0.346. The van der Waals surface area contributed by atoms with E-state index in [9.17, 15) is 8.42 Å². The van der Waals surface area contributed by atoms with Crippen LogP contribution in [0, 0.1) is 6.92 Å². The molecule has 8 nitrogen and oxygen atoms in total. The fourth-order valence-electron chi connectivity index (χ4n) is 2.47. The molecule has 1 heterocycles. The molecule has 9 heteroatoms. The van der Waals surface area contributed by atoms with Crippen molar-refractivity contribution in [2.45, 2.75) is 31.1 Å². The van der Waals surface area contributed by atoms with Gasteiger partial charge in [0, 0.05) is 13.1 Å². The third-order valence-electron chi connectivity index (χ3n) is 3.59. The van der Waals surface area contributed by atoms with Gasteiger partial charge in [-0.25, -0.2) is 13.4 Å². The van der Waals surface area contributed by atoms with Gasteiger partial charge in [-0.15, -0.1) is 0 Å². The van der Waals surface area contributed by atoms with Crippen LogP contribution in [0.5, 0.6) is 0 Å². The Labute approximate surface area is 136 Å². The summed E-state index contributed by atoms with van der Waals surface area (Å²) in [4.78, 5) is 7.87. The number of nitrogens with zero attached hydrogens (tertiary/aromatic N) is 3. The molecule has 0 bridgehead atoms. The topological polar surface area (TPSA) is 140 Å². The zero-order valence-corrected chi connectivity index (χ0v) is 13.9. The molecule has 1 aromatic carbocycles. The van der Waals surface area contributed by atoms with E-state index < -0.39 is 10.0 Å². The molecular formula is C14H22N6O2S. The summed E-state index contributed by atoms with van der Waals surface area (Å²) in [5.41, 5.74) is 17.1. The molecule has 0 unspecified atom stereocenters. The van der Waals surface area contributed by atoms with Crippen LogP contribution >= 0.6 is 0 Å². The maximum atomic E-state index is 12.8. The molecule has 0 atom stereocenters. The molecule has 0 aliphatic carbocycles. The SMILES string of the molecule is Cc1ccc(N=C(N)N=C(N)N)cc1S(=O)(=O)N1CCCCC1. The third-order valence-corrected chi connectivity index (χ3v) is 5.63. The lowest BCUT2D eigenvalue weighted by atomic mass is 10.2. The van der Waals surface area contributed by atoms with E-state index in [1.165, 1.54) is 10.4 Å². The van der Waals surface area contributed by atoms with Crippen LogP contribution in [0.15, 0.2) is 33.1 Å². The number of hydrogen-bond donors (Lipinski definition) is 3. The van der Waals surface area contributed by atoms with Crippen LogP contribution in [-0.2, 0) is 10.0 Å². The van der Waals surface area contributed by atoms with Crippen molar-refractivity contribution in [2.75, 3.05) is 13.1 Å². The molecule has 1 saturated heterocycles. The van der Waals surface area contributed by atoms with Gasteiger partial charge in [0.25, 0.3) is 0 Å². The maximum absolute atomic E-state index is 12.8. The maximum Gasteiger partial charge on any atom is 0.243 e. The van der Waals surface area contributed by atoms with Gasteiger partial charge in [0.15, 0.2) is 5.96 Å². The van der Waals surface area contributed by atoms with Crippen LogP contribution < -0.4 is 17.2 Å². The fourth-order valence-corrected chi connectivity index (χ4v) is 4.23. The van der Waals surface area contributed by atoms with E-state index in [1.807, 2.05) is 0 Å². The van der Waals surface area contributed by atoms with Crippen molar-refractivity contribution in [3.05, 3.63) is 23.8 Å². The summed E-state index contributed by atoms with van der Waals surface area (Å²) in [5, 5.41) is 0. The summed E-state index contributed by atoms with van der Waals surface area (Å²) >= 11 is 0. The molecule has 2 rings (SSSR count). The minimum atomic E-state index is -3.54. The lowest BCUT2D eigenvalue weighted by Crippen LogP contribution is -2.35. The van der Waals surface area contributed by atoms with Crippen molar-refractivity contribution in [1.82, 2.24) is 4.31 Å². The van der Waals surface area contributed by atoms with Crippen LogP contribution in [0.2, 0.25) is 0 Å². The van der Waals surface area contributed by atoms with Crippen LogP contribution in [0.1, 0.15) is 24.8 Å². The van der Waals surface area contributed by atoms with Gasteiger partial charge in [0.05, 0.1) is 10.6 Å². The molecule has 0 radical (unpaired) electrons. The normalized spacial score (nSPS) is 17.0. The molecule has 0 spiro atoms. The highest BCUT2D eigenvalue weighted by molar-refractivity contribution is 7.89. The Morgan fingerprint density at radius 3 is 2.39 bits per heavy atom. The Hall–Kier alpha value is -2.13. The quantitative estimate of drug-likeness (QED) is 0.540. The first-order chi connectivity index (χ1) is 10.8. The molecule has 126 valence electrons. The van der Waals surface area contributed by atoms with E-state index >= 15 is 0 Å². The van der Waals surface area contributed by atoms with E-state index in [4.69, 9.17) is 17.2 Å². The minimum Gasteiger partial charge on any atom is -0.370 e. The number of hydrogen-bond acceptors (Lipinski definition) is 3. The van der Waals surface area contributed by atoms with Gasteiger partial charge in [-0.2, -0.15) is 9.30 Å². The van der Waals surface area contributed by atoms with Crippen LogP contribution in [0.4, 0.5) is 5.69 Å². The first kappa shape index (κ1) is 17.2. The Balaban J connectivity index is 2.39. The molecule has 6 N–H and O–H groups in total. The number of guanidine groups is 2. The average molecular weight is 338 g/mol. The summed E-state index contributed by atoms with van der Waals surface area (Å²) in [6.45, 7) is 2.85. The van der Waals surface area contributed by atoms with Gasteiger partial charge < -0.3 is 17.2 Å². The molecule has 0 amide bonds. The van der Waals surface area contributed by atoms with Gasteiger partial charge in [-0.05, 0) is 37.5 Å². The van der Waals surface area contributed by atoms with E-state index in [-0.39, 0.29) is 16.8 Å². The minimum absolute atomic E-state index is 0.129. The number of sulfonamides is 1. The lowest BCUT2D eigenvalue weighted by Gasteiger charge is -2.26. The Morgan fingerprint density at radius 2 is 1.78 bits per heavy atom. The second-order valence-electron chi connectivity index (χ2n) is 5.42. The van der Waals surface area contributed by atoms with E-state index in [2.05, 4.69) is 9.98 Å². The van der Waals surface area contributed by atoms with Crippen molar-refractivity contribution in [3.63, 3.8) is 0 Å². The van der Waals surface area contributed by atoms with E-state index in [0.717, 1.165) is 19.3 Å². The highest BCUT2D eigenvalue weighted by Crippen LogP contribution is 2.27. The van der Waals surface area contributed by atoms with Gasteiger partial charge in [-0.1, -0.05) is 12.5 Å². The monoisotopic (exact) mass is 338 g/mol. The number of aliphatic imine (C=N–C) groups is 2. The molecular weight excluding hydrogens is 316 g/mol. The Kier molecular flexibility index (Phi) is 5.22. The number of nitrogens with two attached hydrogens (primary N) is 3. The first-order valence-corrected chi connectivity index (χ1v) is 8.79. The second kappa shape index (κ2) is 6.97. The van der Waals surface area contributed by atoms with E-state index in [0.29, 0.717) is 24.3 Å². The highest BCUT2D eigenvalue weighted by atomic mass is 32.2. The van der Waals surface area contributed by atoms with E-state index in [1.54, 1.807) is 19.1 Å². The summed E-state index contributed by atoms with van der Waals surface area (Å²) in [6.07, 6.45) is 2.82. The number of rotatable bonds is 3. The van der Waals surface area contributed by atoms with Crippen molar-refractivity contribution in [1.29, 1.82) is 0 Å². The van der Waals surface area contributed by atoms with Crippen molar-refractivity contribution < 1.29 is 8.42 Å². The fraction of sp³-hybridized carbons (Fsp3) is 0.429. The summed E-state index contributed by atoms with van der Waals surface area (Å²) in [6, 6.07) is 4.85. The van der Waals surface area contributed by atoms with Gasteiger partial charge >= 0.3 is 0 Å². The molecule has 1 aliphatic rings. The van der Waals surface area contributed by atoms with Gasteiger partial charge in [-0.3, -0.25) is 0 Å². The molecule has 1 aromatic rings.